The molecule has 130 valence electrons. The van der Waals surface area contributed by atoms with Gasteiger partial charge in [0.25, 0.3) is 5.91 Å². The molecule has 27 heavy (non-hydrogen) atoms. The number of rotatable bonds is 4. The molecule has 0 radical (unpaired) electrons. The second kappa shape index (κ2) is 7.19. The van der Waals surface area contributed by atoms with Crippen molar-refractivity contribution < 1.29 is 9.21 Å². The highest BCUT2D eigenvalue weighted by molar-refractivity contribution is 5.95. The van der Waals surface area contributed by atoms with Crippen LogP contribution in [0.1, 0.15) is 33.3 Å². The van der Waals surface area contributed by atoms with Gasteiger partial charge in [-0.15, -0.1) is 0 Å². The summed E-state index contributed by atoms with van der Waals surface area (Å²) in [5.74, 6) is 0.397. The number of hydrogen-bond acceptors (Lipinski definition) is 3. The third-order valence-electron chi connectivity index (χ3n) is 4.39. The normalized spacial score (nSPS) is 11.7. The second-order valence-electron chi connectivity index (χ2n) is 6.20. The number of benzene rings is 3. The maximum Gasteiger partial charge on any atom is 0.252 e. The number of carbonyl (C=O) groups is 1. The quantitative estimate of drug-likeness (QED) is 0.572. The van der Waals surface area contributed by atoms with Gasteiger partial charge in [-0.3, -0.25) is 4.79 Å². The van der Waals surface area contributed by atoms with Crippen LogP contribution in [-0.4, -0.2) is 5.91 Å². The van der Waals surface area contributed by atoms with Gasteiger partial charge in [0, 0.05) is 10.9 Å². The van der Waals surface area contributed by atoms with E-state index in [0.29, 0.717) is 16.9 Å². The third-order valence-corrected chi connectivity index (χ3v) is 4.39. The van der Waals surface area contributed by atoms with E-state index in [4.69, 9.17) is 9.68 Å². The van der Waals surface area contributed by atoms with E-state index in [2.05, 4.69) is 11.4 Å². The minimum Gasteiger partial charge on any atom is -0.459 e. The minimum absolute atomic E-state index is 0.263. The van der Waals surface area contributed by atoms with Gasteiger partial charge in [0.1, 0.15) is 17.4 Å². The number of nitriles is 1. The van der Waals surface area contributed by atoms with Gasteiger partial charge in [-0.25, -0.2) is 0 Å². The van der Waals surface area contributed by atoms with Crippen LogP contribution in [0.25, 0.3) is 11.0 Å². The fourth-order valence-corrected chi connectivity index (χ4v) is 3.05. The molecular weight excluding hydrogens is 336 g/mol. The first kappa shape index (κ1) is 16.6. The predicted molar refractivity (Wildman–Crippen MR) is 103 cm³/mol. The summed E-state index contributed by atoms with van der Waals surface area (Å²) in [4.78, 5) is 12.8. The third kappa shape index (κ3) is 3.44. The van der Waals surface area contributed by atoms with Crippen molar-refractivity contribution in [1.29, 1.82) is 5.26 Å². The zero-order valence-electron chi connectivity index (χ0n) is 14.4. The van der Waals surface area contributed by atoms with Crippen molar-refractivity contribution in [3.05, 3.63) is 107 Å². The number of furan rings is 1. The Balaban J connectivity index is 1.72. The van der Waals surface area contributed by atoms with Crippen LogP contribution in [0.2, 0.25) is 0 Å². The molecule has 1 N–H and O–H groups in total. The van der Waals surface area contributed by atoms with Gasteiger partial charge in [0.15, 0.2) is 0 Å². The Morgan fingerprint density at radius 3 is 2.48 bits per heavy atom. The number of amides is 1. The lowest BCUT2D eigenvalue weighted by Crippen LogP contribution is -2.29. The molecule has 4 rings (SSSR count). The highest BCUT2D eigenvalue weighted by Crippen LogP contribution is 2.28. The summed E-state index contributed by atoms with van der Waals surface area (Å²) in [6, 6.07) is 27.6. The summed E-state index contributed by atoms with van der Waals surface area (Å²) in [6.07, 6.45) is 0. The Hall–Kier alpha value is -3.84. The summed E-state index contributed by atoms with van der Waals surface area (Å²) in [6.45, 7) is 0. The molecule has 0 spiro atoms. The molecule has 1 heterocycles. The molecular formula is C23H16N2O2. The highest BCUT2D eigenvalue weighted by atomic mass is 16.3. The number of fused-ring (bicyclic) bond motifs is 1. The van der Waals surface area contributed by atoms with Crippen molar-refractivity contribution in [2.75, 3.05) is 0 Å². The van der Waals surface area contributed by atoms with E-state index in [1.54, 1.807) is 24.3 Å². The van der Waals surface area contributed by atoms with Gasteiger partial charge >= 0.3 is 0 Å². The average molecular weight is 352 g/mol. The topological polar surface area (TPSA) is 66.0 Å². The van der Waals surface area contributed by atoms with E-state index in [-0.39, 0.29) is 5.91 Å². The van der Waals surface area contributed by atoms with Crippen LogP contribution in [0.15, 0.2) is 89.3 Å². The van der Waals surface area contributed by atoms with E-state index >= 15 is 0 Å². The van der Waals surface area contributed by atoms with Crippen molar-refractivity contribution in [2.45, 2.75) is 6.04 Å². The number of carbonyl (C=O) groups excluding carboxylic acids is 1. The zero-order valence-corrected chi connectivity index (χ0v) is 14.4. The van der Waals surface area contributed by atoms with Gasteiger partial charge in [-0.2, -0.15) is 5.26 Å². The van der Waals surface area contributed by atoms with Crippen molar-refractivity contribution in [3.63, 3.8) is 0 Å². The van der Waals surface area contributed by atoms with E-state index in [1.807, 2.05) is 60.7 Å². The maximum absolute atomic E-state index is 12.8. The molecule has 4 nitrogen and oxygen atoms in total. The Kier molecular flexibility index (Phi) is 4.42. The first-order chi connectivity index (χ1) is 13.2. The van der Waals surface area contributed by atoms with Gasteiger partial charge in [0.2, 0.25) is 0 Å². The van der Waals surface area contributed by atoms with Gasteiger partial charge in [-0.1, -0.05) is 54.6 Å². The summed E-state index contributed by atoms with van der Waals surface area (Å²) in [5.41, 5.74) is 2.57. The molecule has 0 fully saturated rings. The molecule has 1 aromatic heterocycles. The molecule has 4 aromatic rings. The summed E-state index contributed by atoms with van der Waals surface area (Å²) in [7, 11) is 0. The smallest absolute Gasteiger partial charge is 0.252 e. The van der Waals surface area contributed by atoms with Gasteiger partial charge < -0.3 is 9.73 Å². The molecule has 0 aliphatic heterocycles. The summed E-state index contributed by atoms with van der Waals surface area (Å²) < 4.78 is 6.00. The maximum atomic E-state index is 12.8. The Labute approximate surface area is 156 Å². The Bertz CT molecular complexity index is 1110. The number of nitrogens with one attached hydrogen (secondary N) is 1. The van der Waals surface area contributed by atoms with E-state index < -0.39 is 6.04 Å². The largest absolute Gasteiger partial charge is 0.459 e. The van der Waals surface area contributed by atoms with E-state index in [0.717, 1.165) is 16.5 Å². The highest BCUT2D eigenvalue weighted by Gasteiger charge is 2.21. The monoisotopic (exact) mass is 352 g/mol. The van der Waals surface area contributed by atoms with Crippen LogP contribution in [0.3, 0.4) is 0 Å². The molecule has 0 unspecified atom stereocenters. The Morgan fingerprint density at radius 2 is 1.70 bits per heavy atom. The van der Waals surface area contributed by atoms with Crippen LogP contribution in [0.5, 0.6) is 0 Å². The van der Waals surface area contributed by atoms with E-state index in [1.165, 1.54) is 0 Å². The molecule has 0 bridgehead atoms. The number of hydrogen-bond donors (Lipinski definition) is 1. The SMILES string of the molecule is N#Cc1cccc(C(=O)N[C@@H](c2ccccc2)c2cc3ccccc3o2)c1. The molecule has 0 saturated carbocycles. The van der Waals surface area contributed by atoms with Crippen LogP contribution < -0.4 is 5.32 Å². The van der Waals surface area contributed by atoms with Crippen LogP contribution in [0.4, 0.5) is 0 Å². The molecule has 0 saturated heterocycles. The molecule has 1 atom stereocenters. The lowest BCUT2D eigenvalue weighted by atomic mass is 10.0. The molecule has 0 aliphatic carbocycles. The lowest BCUT2D eigenvalue weighted by molar-refractivity contribution is 0.0939. The molecule has 3 aromatic carbocycles. The predicted octanol–water partition coefficient (Wildman–Crippen LogP) is 4.82. The summed E-state index contributed by atoms with van der Waals surface area (Å²) >= 11 is 0. The van der Waals surface area contributed by atoms with Crippen LogP contribution in [-0.2, 0) is 0 Å². The van der Waals surface area contributed by atoms with Crippen molar-refractivity contribution in [2.24, 2.45) is 0 Å². The van der Waals surface area contributed by atoms with E-state index in [9.17, 15) is 4.79 Å². The molecule has 0 aliphatic rings. The first-order valence-electron chi connectivity index (χ1n) is 8.59. The van der Waals surface area contributed by atoms with Gasteiger partial charge in [0.05, 0.1) is 11.6 Å². The summed E-state index contributed by atoms with van der Waals surface area (Å²) in [5, 5.41) is 13.1. The lowest BCUT2D eigenvalue weighted by Gasteiger charge is -2.17. The zero-order chi connectivity index (χ0) is 18.6. The first-order valence-corrected chi connectivity index (χ1v) is 8.59. The van der Waals surface area contributed by atoms with Gasteiger partial charge in [-0.05, 0) is 35.9 Å². The second-order valence-corrected chi connectivity index (χ2v) is 6.20. The number of nitrogens with zero attached hydrogens (tertiary/aromatic N) is 1. The number of para-hydroxylation sites is 1. The molecule has 1 amide bonds. The van der Waals surface area contributed by atoms with Crippen LogP contribution >= 0.6 is 0 Å². The standard InChI is InChI=1S/C23H16N2O2/c24-15-16-7-6-11-19(13-16)23(26)25-22(17-8-2-1-3-9-17)21-14-18-10-4-5-12-20(18)27-21/h1-14,22H,(H,25,26)/t22-/m0/s1. The minimum atomic E-state index is -0.433. The van der Waals surface area contributed by atoms with Crippen molar-refractivity contribution in [3.8, 4) is 6.07 Å². The Morgan fingerprint density at radius 1 is 0.926 bits per heavy atom. The fraction of sp³-hybridized carbons (Fsp3) is 0.0435. The van der Waals surface area contributed by atoms with Crippen LogP contribution in [0, 0.1) is 11.3 Å². The van der Waals surface area contributed by atoms with Crippen molar-refractivity contribution >= 4 is 16.9 Å². The fourth-order valence-electron chi connectivity index (χ4n) is 3.05. The molecule has 4 heteroatoms. The van der Waals surface area contributed by atoms with Crippen molar-refractivity contribution in [1.82, 2.24) is 5.32 Å². The average Bonchev–Trinajstić information content (AvgIpc) is 3.16.